The maximum Gasteiger partial charge on any atom is 0.501 e. The van der Waals surface area contributed by atoms with Gasteiger partial charge in [0.25, 0.3) is 0 Å². The molecule has 94 valence electrons. The second kappa shape index (κ2) is 3.57. The van der Waals surface area contributed by atoms with Crippen molar-refractivity contribution in [3.63, 3.8) is 0 Å². The van der Waals surface area contributed by atoms with Crippen LogP contribution in [0.5, 0.6) is 17.2 Å². The van der Waals surface area contributed by atoms with Gasteiger partial charge in [0.05, 0.1) is 5.69 Å². The van der Waals surface area contributed by atoms with Crippen molar-refractivity contribution in [2.45, 2.75) is 13.2 Å². The van der Waals surface area contributed by atoms with Crippen LogP contribution in [0.15, 0.2) is 6.07 Å². The average molecular weight is 262 g/mol. The molecule has 9 heteroatoms. The summed E-state index contributed by atoms with van der Waals surface area (Å²) in [6.07, 6.45) is -1.20. The standard InChI is InChI=1S/C8H10N2O6S/c1-3(11)14-8-5-2-4(9)7(6(8)10)16-17(12,13)15-5/h2-3,11H,9-10H2,1H3. The Labute approximate surface area is 97.0 Å². The molecule has 3 rings (SSSR count). The molecule has 1 aromatic carbocycles. The van der Waals surface area contributed by atoms with Crippen molar-refractivity contribution in [3.8, 4) is 17.2 Å². The first kappa shape index (κ1) is 11.6. The third kappa shape index (κ3) is 2.01. The van der Waals surface area contributed by atoms with Crippen molar-refractivity contribution in [2.75, 3.05) is 11.5 Å². The summed E-state index contributed by atoms with van der Waals surface area (Å²) in [7, 11) is -4.28. The van der Waals surface area contributed by atoms with E-state index in [9.17, 15) is 8.42 Å². The van der Waals surface area contributed by atoms with Gasteiger partial charge in [0.2, 0.25) is 0 Å². The quantitative estimate of drug-likeness (QED) is 0.483. The van der Waals surface area contributed by atoms with Gasteiger partial charge >= 0.3 is 10.4 Å². The zero-order valence-corrected chi connectivity index (χ0v) is 9.52. The minimum atomic E-state index is -4.28. The van der Waals surface area contributed by atoms with E-state index < -0.39 is 16.7 Å². The summed E-state index contributed by atoms with van der Waals surface area (Å²) < 4.78 is 36.6. The van der Waals surface area contributed by atoms with E-state index in [1.807, 2.05) is 0 Å². The Hall–Kier alpha value is -1.87. The summed E-state index contributed by atoms with van der Waals surface area (Å²) >= 11 is 0. The number of nitrogens with two attached hydrogens (primary N) is 2. The highest BCUT2D eigenvalue weighted by Crippen LogP contribution is 2.48. The lowest BCUT2D eigenvalue weighted by Crippen LogP contribution is -2.14. The molecule has 1 unspecified atom stereocenters. The van der Waals surface area contributed by atoms with Crippen LogP contribution in [0.4, 0.5) is 11.4 Å². The summed E-state index contributed by atoms with van der Waals surface area (Å²) in [4.78, 5) is 0. The Morgan fingerprint density at radius 2 is 2.06 bits per heavy atom. The fourth-order valence-corrected chi connectivity index (χ4v) is 2.11. The van der Waals surface area contributed by atoms with E-state index in [1.165, 1.54) is 13.0 Å². The zero-order valence-electron chi connectivity index (χ0n) is 8.71. The van der Waals surface area contributed by atoms with Gasteiger partial charge < -0.3 is 29.7 Å². The first-order valence-electron chi connectivity index (χ1n) is 4.50. The molecule has 1 aromatic rings. The first-order chi connectivity index (χ1) is 7.80. The predicted octanol–water partition coefficient (Wildman–Crippen LogP) is -0.416. The Morgan fingerprint density at radius 3 is 2.65 bits per heavy atom. The maximum absolute atomic E-state index is 11.3. The molecule has 5 N–H and O–H groups in total. The lowest BCUT2D eigenvalue weighted by atomic mass is 10.2. The highest BCUT2D eigenvalue weighted by atomic mass is 32.3. The van der Waals surface area contributed by atoms with Gasteiger partial charge in [-0.1, -0.05) is 0 Å². The number of aliphatic hydroxyl groups is 1. The number of ether oxygens (including phenoxy) is 1. The van der Waals surface area contributed by atoms with E-state index in [1.54, 1.807) is 0 Å². The molecule has 0 spiro atoms. The Bertz CT molecular complexity index is 568. The third-order valence-corrected chi connectivity index (χ3v) is 2.68. The van der Waals surface area contributed by atoms with Crippen molar-refractivity contribution in [3.05, 3.63) is 6.07 Å². The van der Waals surface area contributed by atoms with E-state index in [4.69, 9.17) is 21.3 Å². The van der Waals surface area contributed by atoms with Gasteiger partial charge in [-0.2, -0.15) is 0 Å². The molecule has 0 aromatic heterocycles. The molecule has 0 aliphatic carbocycles. The topological polar surface area (TPSA) is 134 Å². The molecular weight excluding hydrogens is 252 g/mol. The van der Waals surface area contributed by atoms with E-state index in [0.717, 1.165) is 0 Å². The molecule has 0 fully saturated rings. The predicted molar refractivity (Wildman–Crippen MR) is 57.8 cm³/mol. The van der Waals surface area contributed by atoms with Crippen LogP contribution in [-0.2, 0) is 10.4 Å². The number of nitrogen functional groups attached to an aromatic ring is 2. The largest absolute Gasteiger partial charge is 0.501 e. The zero-order chi connectivity index (χ0) is 12.8. The summed E-state index contributed by atoms with van der Waals surface area (Å²) in [5.74, 6) is -0.644. The smallest absolute Gasteiger partial charge is 0.459 e. The number of fused-ring (bicyclic) bond motifs is 4. The lowest BCUT2D eigenvalue weighted by Gasteiger charge is -2.13. The molecule has 1 atom stereocenters. The van der Waals surface area contributed by atoms with E-state index in [-0.39, 0.29) is 28.6 Å². The van der Waals surface area contributed by atoms with Gasteiger partial charge in [0, 0.05) is 6.07 Å². The van der Waals surface area contributed by atoms with Crippen LogP contribution in [-0.4, -0.2) is 19.8 Å². The van der Waals surface area contributed by atoms with Crippen LogP contribution in [0.1, 0.15) is 6.92 Å². The molecule has 0 saturated carbocycles. The average Bonchev–Trinajstić information content (AvgIpc) is 2.33. The third-order valence-electron chi connectivity index (χ3n) is 1.93. The second-order valence-corrected chi connectivity index (χ2v) is 4.48. The van der Waals surface area contributed by atoms with Gasteiger partial charge in [-0.3, -0.25) is 0 Å². The van der Waals surface area contributed by atoms with Crippen LogP contribution in [0.25, 0.3) is 0 Å². The molecule has 8 nitrogen and oxygen atoms in total. The van der Waals surface area contributed by atoms with Crippen LogP contribution in [0.2, 0.25) is 0 Å². The number of benzene rings is 1. The van der Waals surface area contributed by atoms with Crippen LogP contribution >= 0.6 is 0 Å². The van der Waals surface area contributed by atoms with Crippen molar-refractivity contribution >= 4 is 21.8 Å². The van der Waals surface area contributed by atoms with Gasteiger partial charge in [-0.05, 0) is 6.92 Å². The molecule has 2 aliphatic heterocycles. The van der Waals surface area contributed by atoms with E-state index >= 15 is 0 Å². The van der Waals surface area contributed by atoms with Crippen LogP contribution < -0.4 is 24.6 Å². The Kier molecular flexibility index (Phi) is 2.44. The fourth-order valence-electron chi connectivity index (χ4n) is 1.34. The van der Waals surface area contributed by atoms with Gasteiger partial charge in [0.15, 0.2) is 23.5 Å². The first-order valence-corrected chi connectivity index (χ1v) is 5.84. The van der Waals surface area contributed by atoms with Crippen molar-refractivity contribution < 1.29 is 26.6 Å². The van der Waals surface area contributed by atoms with Crippen LogP contribution in [0.3, 0.4) is 0 Å². The Morgan fingerprint density at radius 1 is 1.41 bits per heavy atom. The minimum absolute atomic E-state index is 0.00322. The Balaban J connectivity index is 2.64. The van der Waals surface area contributed by atoms with E-state index in [2.05, 4.69) is 8.37 Å². The molecule has 2 aliphatic rings. The number of aliphatic hydroxyl groups excluding tert-OH is 1. The lowest BCUT2D eigenvalue weighted by molar-refractivity contribution is -0.000761. The number of hydrogen-bond acceptors (Lipinski definition) is 8. The van der Waals surface area contributed by atoms with Crippen molar-refractivity contribution in [1.82, 2.24) is 0 Å². The highest BCUT2D eigenvalue weighted by molar-refractivity contribution is 7.82. The van der Waals surface area contributed by atoms with Gasteiger partial charge in [0.1, 0.15) is 5.69 Å². The summed E-state index contributed by atoms with van der Waals surface area (Å²) in [5.41, 5.74) is 11.0. The van der Waals surface area contributed by atoms with E-state index in [0.29, 0.717) is 0 Å². The number of anilines is 2. The summed E-state index contributed by atoms with van der Waals surface area (Å²) in [6, 6.07) is 1.19. The summed E-state index contributed by atoms with van der Waals surface area (Å²) in [6.45, 7) is 1.33. The normalized spacial score (nSPS) is 17.8. The van der Waals surface area contributed by atoms with Gasteiger partial charge in [-0.15, -0.1) is 8.42 Å². The molecule has 0 saturated heterocycles. The molecule has 0 radical (unpaired) electrons. The minimum Gasteiger partial charge on any atom is -0.459 e. The summed E-state index contributed by atoms with van der Waals surface area (Å²) in [5, 5.41) is 9.11. The second-order valence-electron chi connectivity index (χ2n) is 3.33. The van der Waals surface area contributed by atoms with Crippen molar-refractivity contribution in [2.24, 2.45) is 0 Å². The monoisotopic (exact) mass is 262 g/mol. The van der Waals surface area contributed by atoms with Crippen LogP contribution in [0, 0.1) is 0 Å². The number of rotatable bonds is 2. The molecule has 2 bridgehead atoms. The molecule has 0 amide bonds. The fraction of sp³-hybridized carbons (Fsp3) is 0.250. The molecule has 17 heavy (non-hydrogen) atoms. The van der Waals surface area contributed by atoms with Gasteiger partial charge in [-0.25, -0.2) is 0 Å². The number of hydrogen-bond donors (Lipinski definition) is 3. The molecular formula is C8H10N2O6S. The SMILES string of the molecule is CC(O)Oc1c2cc(N)c(c1N)OS(=O)(=O)O2. The highest BCUT2D eigenvalue weighted by Gasteiger charge is 2.31. The maximum atomic E-state index is 11.3. The van der Waals surface area contributed by atoms with Crippen molar-refractivity contribution in [1.29, 1.82) is 0 Å². The molecule has 2 heterocycles.